The molecule has 1 saturated heterocycles. The molecule has 2 heterocycles. The molecule has 1 atom stereocenters. The second-order valence-corrected chi connectivity index (χ2v) is 6.83. The number of carbonyl (C=O) groups excluding carboxylic acids is 1. The van der Waals surface area contributed by atoms with E-state index in [0.717, 1.165) is 38.9 Å². The monoisotopic (exact) mass is 337 g/mol. The van der Waals surface area contributed by atoms with Gasteiger partial charge in [-0.1, -0.05) is 36.8 Å². The van der Waals surface area contributed by atoms with Gasteiger partial charge in [-0.05, 0) is 49.1 Å². The highest BCUT2D eigenvalue weighted by atomic mass is 16.2. The molecule has 1 unspecified atom stereocenters. The van der Waals surface area contributed by atoms with Gasteiger partial charge in [0.1, 0.15) is 0 Å². The molecule has 0 aliphatic carbocycles. The second-order valence-electron chi connectivity index (χ2n) is 6.83. The van der Waals surface area contributed by atoms with Gasteiger partial charge < -0.3 is 4.90 Å². The lowest BCUT2D eigenvalue weighted by Crippen LogP contribution is -2.49. The lowest BCUT2D eigenvalue weighted by Gasteiger charge is -2.36. The highest BCUT2D eigenvalue weighted by molar-refractivity contribution is 5.81. The molecule has 0 N–H and O–H groups in total. The number of amides is 1. The van der Waals surface area contributed by atoms with Gasteiger partial charge in [0.25, 0.3) is 0 Å². The van der Waals surface area contributed by atoms with Crippen LogP contribution in [0.3, 0.4) is 0 Å². The summed E-state index contributed by atoms with van der Waals surface area (Å²) in [4.78, 5) is 21.3. The van der Waals surface area contributed by atoms with E-state index >= 15 is 0 Å². The van der Waals surface area contributed by atoms with Crippen LogP contribution >= 0.6 is 0 Å². The molecule has 1 aliphatic rings. The molecule has 2 aromatic rings. The summed E-state index contributed by atoms with van der Waals surface area (Å²) < 4.78 is 0. The van der Waals surface area contributed by atoms with E-state index in [-0.39, 0.29) is 11.9 Å². The van der Waals surface area contributed by atoms with Crippen LogP contribution in [0.25, 0.3) is 0 Å². The first-order chi connectivity index (χ1) is 12.2. The van der Waals surface area contributed by atoms with E-state index in [1.54, 1.807) is 12.4 Å². The van der Waals surface area contributed by atoms with E-state index in [2.05, 4.69) is 34.1 Å². The zero-order valence-corrected chi connectivity index (χ0v) is 15.0. The SMILES string of the molecule is CN(CCc1ccncc1)C(=O)C1CCCCN1Cc1ccccc1. The maximum absolute atomic E-state index is 13.0. The number of pyridine rings is 1. The van der Waals surface area contributed by atoms with E-state index in [1.165, 1.54) is 17.5 Å². The topological polar surface area (TPSA) is 36.4 Å². The van der Waals surface area contributed by atoms with Crippen LogP contribution in [0, 0.1) is 0 Å². The van der Waals surface area contributed by atoms with Crippen molar-refractivity contribution in [1.82, 2.24) is 14.8 Å². The van der Waals surface area contributed by atoms with Crippen molar-refractivity contribution in [1.29, 1.82) is 0 Å². The summed E-state index contributed by atoms with van der Waals surface area (Å²) in [6, 6.07) is 14.5. The second kappa shape index (κ2) is 8.77. The summed E-state index contributed by atoms with van der Waals surface area (Å²) in [6.07, 6.45) is 7.76. The van der Waals surface area contributed by atoms with Gasteiger partial charge in [0.2, 0.25) is 5.91 Å². The first-order valence-electron chi connectivity index (χ1n) is 9.16. The standard InChI is InChI=1S/C21H27N3O/c1-23(16-12-18-10-13-22-14-11-18)21(25)20-9-5-6-15-24(20)17-19-7-3-2-4-8-19/h2-4,7-8,10-11,13-14,20H,5-6,9,12,15-17H2,1H3. The molecule has 1 fully saturated rings. The molecule has 0 radical (unpaired) electrons. The Morgan fingerprint density at radius 2 is 1.88 bits per heavy atom. The largest absolute Gasteiger partial charge is 0.344 e. The number of hydrogen-bond donors (Lipinski definition) is 0. The van der Waals surface area contributed by atoms with E-state index in [4.69, 9.17) is 0 Å². The number of likely N-dealkylation sites (tertiary alicyclic amines) is 1. The molecule has 0 spiro atoms. The fourth-order valence-electron chi connectivity index (χ4n) is 3.49. The zero-order chi connectivity index (χ0) is 17.5. The Balaban J connectivity index is 1.59. The van der Waals surface area contributed by atoms with Crippen LogP contribution in [0.2, 0.25) is 0 Å². The van der Waals surface area contributed by atoms with E-state index in [1.807, 2.05) is 30.1 Å². The average molecular weight is 337 g/mol. The van der Waals surface area contributed by atoms with Crippen molar-refractivity contribution in [2.75, 3.05) is 20.1 Å². The van der Waals surface area contributed by atoms with Crippen LogP contribution < -0.4 is 0 Å². The summed E-state index contributed by atoms with van der Waals surface area (Å²) in [7, 11) is 1.93. The summed E-state index contributed by atoms with van der Waals surface area (Å²) >= 11 is 0. The van der Waals surface area contributed by atoms with Crippen molar-refractivity contribution in [3.05, 3.63) is 66.0 Å². The number of rotatable bonds is 6. The fraction of sp³-hybridized carbons (Fsp3) is 0.429. The molecular weight excluding hydrogens is 310 g/mol. The molecule has 0 saturated carbocycles. The summed E-state index contributed by atoms with van der Waals surface area (Å²) in [5.41, 5.74) is 2.50. The number of nitrogens with zero attached hydrogens (tertiary/aromatic N) is 3. The summed E-state index contributed by atoms with van der Waals surface area (Å²) in [6.45, 7) is 2.61. The zero-order valence-electron chi connectivity index (χ0n) is 15.0. The van der Waals surface area contributed by atoms with Crippen LogP contribution in [-0.2, 0) is 17.8 Å². The molecule has 25 heavy (non-hydrogen) atoms. The Hall–Kier alpha value is -2.20. The van der Waals surface area contributed by atoms with Crippen molar-refractivity contribution in [2.45, 2.75) is 38.3 Å². The van der Waals surface area contributed by atoms with Gasteiger partial charge in [-0.15, -0.1) is 0 Å². The number of hydrogen-bond acceptors (Lipinski definition) is 3. The molecule has 1 aliphatic heterocycles. The maximum Gasteiger partial charge on any atom is 0.239 e. The lowest BCUT2D eigenvalue weighted by molar-refractivity contribution is -0.137. The number of piperidine rings is 1. The van der Waals surface area contributed by atoms with Crippen LogP contribution in [0.4, 0.5) is 0 Å². The minimum Gasteiger partial charge on any atom is -0.344 e. The lowest BCUT2D eigenvalue weighted by atomic mass is 9.99. The highest BCUT2D eigenvalue weighted by Gasteiger charge is 2.30. The number of likely N-dealkylation sites (N-methyl/N-ethyl adjacent to an activating group) is 1. The number of carbonyl (C=O) groups is 1. The van der Waals surface area contributed by atoms with Crippen molar-refractivity contribution < 1.29 is 4.79 Å². The summed E-state index contributed by atoms with van der Waals surface area (Å²) in [5.74, 6) is 0.254. The predicted octanol–water partition coefficient (Wildman–Crippen LogP) is 3.14. The van der Waals surface area contributed by atoms with Gasteiger partial charge in [0.05, 0.1) is 6.04 Å². The minimum absolute atomic E-state index is 0.0106. The van der Waals surface area contributed by atoms with Gasteiger partial charge >= 0.3 is 0 Å². The van der Waals surface area contributed by atoms with Crippen molar-refractivity contribution in [2.24, 2.45) is 0 Å². The van der Waals surface area contributed by atoms with Gasteiger partial charge in [-0.3, -0.25) is 14.7 Å². The third-order valence-corrected chi connectivity index (χ3v) is 4.99. The van der Waals surface area contributed by atoms with Crippen molar-refractivity contribution >= 4 is 5.91 Å². The molecule has 4 heteroatoms. The van der Waals surface area contributed by atoms with Crippen molar-refractivity contribution in [3.8, 4) is 0 Å². The molecule has 1 amide bonds. The number of aromatic nitrogens is 1. The Morgan fingerprint density at radius 1 is 1.12 bits per heavy atom. The average Bonchev–Trinajstić information content (AvgIpc) is 2.67. The van der Waals surface area contributed by atoms with E-state index < -0.39 is 0 Å². The van der Waals surface area contributed by atoms with Crippen LogP contribution in [0.5, 0.6) is 0 Å². The van der Waals surface area contributed by atoms with Crippen LogP contribution in [0.15, 0.2) is 54.9 Å². The van der Waals surface area contributed by atoms with Crippen LogP contribution in [-0.4, -0.2) is 46.9 Å². The van der Waals surface area contributed by atoms with E-state index in [9.17, 15) is 4.79 Å². The molecule has 132 valence electrons. The predicted molar refractivity (Wildman–Crippen MR) is 100 cm³/mol. The maximum atomic E-state index is 13.0. The molecule has 1 aromatic carbocycles. The van der Waals surface area contributed by atoms with Gasteiger partial charge in [-0.25, -0.2) is 0 Å². The summed E-state index contributed by atoms with van der Waals surface area (Å²) in [5, 5.41) is 0. The quantitative estimate of drug-likeness (QED) is 0.812. The van der Waals surface area contributed by atoms with Crippen LogP contribution in [0.1, 0.15) is 30.4 Å². The molecule has 1 aromatic heterocycles. The van der Waals surface area contributed by atoms with Gasteiger partial charge in [0.15, 0.2) is 0 Å². The van der Waals surface area contributed by atoms with Gasteiger partial charge in [0, 0.05) is 32.5 Å². The Bertz CT molecular complexity index is 659. The third kappa shape index (κ3) is 4.89. The molecule has 4 nitrogen and oxygen atoms in total. The van der Waals surface area contributed by atoms with E-state index in [0.29, 0.717) is 0 Å². The first kappa shape index (κ1) is 17.6. The van der Waals surface area contributed by atoms with Gasteiger partial charge in [-0.2, -0.15) is 0 Å². The Morgan fingerprint density at radius 3 is 2.64 bits per heavy atom. The fourth-order valence-corrected chi connectivity index (χ4v) is 3.49. The smallest absolute Gasteiger partial charge is 0.239 e. The molecule has 3 rings (SSSR count). The minimum atomic E-state index is 0.0106. The Labute approximate surface area is 150 Å². The number of benzene rings is 1. The molecular formula is C21H27N3O. The molecule has 0 bridgehead atoms. The Kier molecular flexibility index (Phi) is 6.18. The van der Waals surface area contributed by atoms with Crippen molar-refractivity contribution in [3.63, 3.8) is 0 Å². The third-order valence-electron chi connectivity index (χ3n) is 4.99. The highest BCUT2D eigenvalue weighted by Crippen LogP contribution is 2.21. The normalized spacial score (nSPS) is 18.0. The first-order valence-corrected chi connectivity index (χ1v) is 9.16.